The minimum atomic E-state index is -0.330. The SMILES string of the molecule is CNC(=O)C(C)Nc1cc(N)cc(OC(C)C)c1. The maximum Gasteiger partial charge on any atom is 0.241 e. The zero-order valence-electron chi connectivity index (χ0n) is 11.3. The fourth-order valence-electron chi connectivity index (χ4n) is 1.58. The Hall–Kier alpha value is -1.91. The number of carbonyl (C=O) groups is 1. The maximum absolute atomic E-state index is 11.4. The van der Waals surface area contributed by atoms with Gasteiger partial charge in [-0.15, -0.1) is 0 Å². The fraction of sp³-hybridized carbons (Fsp3) is 0.462. The lowest BCUT2D eigenvalue weighted by Gasteiger charge is -2.16. The average Bonchev–Trinajstić information content (AvgIpc) is 2.25. The Balaban J connectivity index is 2.82. The zero-order chi connectivity index (χ0) is 13.7. The molecular formula is C13H21N3O2. The second kappa shape index (κ2) is 6.14. The topological polar surface area (TPSA) is 76.4 Å². The largest absolute Gasteiger partial charge is 0.491 e. The monoisotopic (exact) mass is 251 g/mol. The van der Waals surface area contributed by atoms with E-state index in [4.69, 9.17) is 10.5 Å². The molecule has 1 amide bonds. The number of benzene rings is 1. The minimum Gasteiger partial charge on any atom is -0.491 e. The first-order valence-electron chi connectivity index (χ1n) is 5.97. The zero-order valence-corrected chi connectivity index (χ0v) is 11.3. The Bertz CT molecular complexity index is 419. The summed E-state index contributed by atoms with van der Waals surface area (Å²) in [6.07, 6.45) is 0.0796. The fourth-order valence-corrected chi connectivity index (χ4v) is 1.58. The van der Waals surface area contributed by atoms with E-state index in [9.17, 15) is 4.79 Å². The molecule has 0 heterocycles. The van der Waals surface area contributed by atoms with E-state index in [1.54, 1.807) is 26.1 Å². The highest BCUT2D eigenvalue weighted by Gasteiger charge is 2.11. The molecule has 0 aliphatic carbocycles. The van der Waals surface area contributed by atoms with Crippen molar-refractivity contribution in [2.75, 3.05) is 18.1 Å². The van der Waals surface area contributed by atoms with E-state index in [2.05, 4.69) is 10.6 Å². The first-order valence-corrected chi connectivity index (χ1v) is 5.97. The molecule has 0 bridgehead atoms. The van der Waals surface area contributed by atoms with E-state index >= 15 is 0 Å². The molecule has 0 radical (unpaired) electrons. The predicted octanol–water partition coefficient (Wildman–Crippen LogP) is 1.60. The molecule has 4 N–H and O–H groups in total. The van der Waals surface area contributed by atoms with Gasteiger partial charge in [-0.25, -0.2) is 0 Å². The Morgan fingerprint density at radius 1 is 1.28 bits per heavy atom. The second-order valence-corrected chi connectivity index (χ2v) is 4.44. The Labute approximate surface area is 108 Å². The van der Waals surface area contributed by atoms with Crippen LogP contribution in [0.5, 0.6) is 5.75 Å². The number of ether oxygens (including phenoxy) is 1. The van der Waals surface area contributed by atoms with Crippen LogP contribution < -0.4 is 21.1 Å². The molecule has 100 valence electrons. The van der Waals surface area contributed by atoms with Crippen molar-refractivity contribution in [2.24, 2.45) is 0 Å². The van der Waals surface area contributed by atoms with E-state index < -0.39 is 0 Å². The van der Waals surface area contributed by atoms with Crippen molar-refractivity contribution in [3.8, 4) is 5.75 Å². The van der Waals surface area contributed by atoms with Gasteiger partial charge < -0.3 is 21.1 Å². The number of rotatable bonds is 5. The summed E-state index contributed by atoms with van der Waals surface area (Å²) in [4.78, 5) is 11.4. The van der Waals surface area contributed by atoms with Gasteiger partial charge in [0.2, 0.25) is 5.91 Å². The molecule has 0 saturated heterocycles. The van der Waals surface area contributed by atoms with Gasteiger partial charge in [0.25, 0.3) is 0 Å². The van der Waals surface area contributed by atoms with Gasteiger partial charge in [0.05, 0.1) is 6.10 Å². The average molecular weight is 251 g/mol. The van der Waals surface area contributed by atoms with Gasteiger partial charge in [-0.2, -0.15) is 0 Å². The summed E-state index contributed by atoms with van der Waals surface area (Å²) >= 11 is 0. The van der Waals surface area contributed by atoms with E-state index in [1.165, 1.54) is 0 Å². The van der Waals surface area contributed by atoms with Gasteiger partial charge >= 0.3 is 0 Å². The molecule has 0 saturated carbocycles. The van der Waals surface area contributed by atoms with Crippen molar-refractivity contribution >= 4 is 17.3 Å². The Kier molecular flexibility index (Phi) is 4.83. The molecule has 5 nitrogen and oxygen atoms in total. The molecule has 1 aromatic rings. The molecule has 1 unspecified atom stereocenters. The molecular weight excluding hydrogens is 230 g/mol. The van der Waals surface area contributed by atoms with Crippen LogP contribution in [0.15, 0.2) is 18.2 Å². The van der Waals surface area contributed by atoms with Crippen LogP contribution in [0.4, 0.5) is 11.4 Å². The van der Waals surface area contributed by atoms with Crippen LogP contribution in [0.25, 0.3) is 0 Å². The van der Waals surface area contributed by atoms with Crippen molar-refractivity contribution in [3.63, 3.8) is 0 Å². The molecule has 0 fully saturated rings. The number of hydrogen-bond donors (Lipinski definition) is 3. The number of hydrogen-bond acceptors (Lipinski definition) is 4. The lowest BCUT2D eigenvalue weighted by atomic mass is 10.2. The maximum atomic E-state index is 11.4. The van der Waals surface area contributed by atoms with Crippen molar-refractivity contribution in [2.45, 2.75) is 32.9 Å². The van der Waals surface area contributed by atoms with Gasteiger partial charge in [-0.1, -0.05) is 0 Å². The Morgan fingerprint density at radius 3 is 2.50 bits per heavy atom. The quantitative estimate of drug-likeness (QED) is 0.695. The highest BCUT2D eigenvalue weighted by atomic mass is 16.5. The molecule has 1 aromatic carbocycles. The van der Waals surface area contributed by atoms with Crippen LogP contribution in [-0.4, -0.2) is 25.1 Å². The van der Waals surface area contributed by atoms with Gasteiger partial charge in [-0.3, -0.25) is 4.79 Å². The molecule has 1 atom stereocenters. The number of likely N-dealkylation sites (N-methyl/N-ethyl adjacent to an activating group) is 1. The summed E-state index contributed by atoms with van der Waals surface area (Å²) in [5.74, 6) is 0.611. The van der Waals surface area contributed by atoms with Crippen molar-refractivity contribution in [3.05, 3.63) is 18.2 Å². The molecule has 18 heavy (non-hydrogen) atoms. The number of carbonyl (C=O) groups excluding carboxylic acids is 1. The summed E-state index contributed by atoms with van der Waals surface area (Å²) in [6, 6.07) is 5.03. The van der Waals surface area contributed by atoms with Crippen molar-refractivity contribution in [1.29, 1.82) is 0 Å². The number of anilines is 2. The molecule has 0 aliphatic heterocycles. The smallest absolute Gasteiger partial charge is 0.241 e. The van der Waals surface area contributed by atoms with E-state index in [0.29, 0.717) is 11.4 Å². The number of nitrogens with two attached hydrogens (primary N) is 1. The third-order valence-corrected chi connectivity index (χ3v) is 2.32. The summed E-state index contributed by atoms with van der Waals surface area (Å²) in [7, 11) is 1.60. The minimum absolute atomic E-state index is 0.0796. The third-order valence-electron chi connectivity index (χ3n) is 2.32. The Morgan fingerprint density at radius 2 is 1.94 bits per heavy atom. The lowest BCUT2D eigenvalue weighted by Crippen LogP contribution is -2.35. The molecule has 0 aliphatic rings. The van der Waals surface area contributed by atoms with Crippen LogP contribution in [0.2, 0.25) is 0 Å². The number of amides is 1. The summed E-state index contributed by atoms with van der Waals surface area (Å²) < 4.78 is 5.58. The summed E-state index contributed by atoms with van der Waals surface area (Å²) in [6.45, 7) is 5.68. The van der Waals surface area contributed by atoms with Gasteiger partial charge in [0.15, 0.2) is 0 Å². The van der Waals surface area contributed by atoms with Gasteiger partial charge in [0.1, 0.15) is 11.8 Å². The molecule has 0 aromatic heterocycles. The molecule has 5 heteroatoms. The van der Waals surface area contributed by atoms with Gasteiger partial charge in [0, 0.05) is 30.6 Å². The van der Waals surface area contributed by atoms with Crippen LogP contribution in [0.1, 0.15) is 20.8 Å². The predicted molar refractivity (Wildman–Crippen MR) is 73.8 cm³/mol. The standard InChI is InChI=1S/C13H21N3O2/c1-8(2)18-12-6-10(14)5-11(7-12)16-9(3)13(17)15-4/h5-9,16H,14H2,1-4H3,(H,15,17). The first kappa shape index (κ1) is 14.2. The first-order chi connectivity index (χ1) is 8.42. The van der Waals surface area contributed by atoms with Crippen LogP contribution in [0, 0.1) is 0 Å². The van der Waals surface area contributed by atoms with Crippen molar-refractivity contribution < 1.29 is 9.53 Å². The second-order valence-electron chi connectivity index (χ2n) is 4.44. The number of nitrogen functional groups attached to an aromatic ring is 1. The van der Waals surface area contributed by atoms with E-state index in [1.807, 2.05) is 19.9 Å². The summed E-state index contributed by atoms with van der Waals surface area (Å²) in [5, 5.41) is 5.66. The highest BCUT2D eigenvalue weighted by molar-refractivity contribution is 5.84. The van der Waals surface area contributed by atoms with Crippen LogP contribution in [0.3, 0.4) is 0 Å². The highest BCUT2D eigenvalue weighted by Crippen LogP contribution is 2.24. The third kappa shape index (κ3) is 4.16. The van der Waals surface area contributed by atoms with Crippen LogP contribution in [-0.2, 0) is 4.79 Å². The number of nitrogens with one attached hydrogen (secondary N) is 2. The molecule has 0 spiro atoms. The molecule has 1 rings (SSSR count). The van der Waals surface area contributed by atoms with Crippen LogP contribution >= 0.6 is 0 Å². The summed E-state index contributed by atoms with van der Waals surface area (Å²) in [5.41, 5.74) is 7.16. The van der Waals surface area contributed by atoms with E-state index in [0.717, 1.165) is 5.69 Å². The lowest BCUT2D eigenvalue weighted by molar-refractivity contribution is -0.121. The normalized spacial score (nSPS) is 12.1. The van der Waals surface area contributed by atoms with E-state index in [-0.39, 0.29) is 18.1 Å². The van der Waals surface area contributed by atoms with Crippen molar-refractivity contribution in [1.82, 2.24) is 5.32 Å². The van der Waals surface area contributed by atoms with Gasteiger partial charge in [-0.05, 0) is 26.8 Å².